The van der Waals surface area contributed by atoms with Crippen molar-refractivity contribution < 1.29 is 9.63 Å². The SMILES string of the molecule is OC(c1ccccc1)c1noc([C@H]2CC[C@H](Nc3ncnc4[nH]ncc34)C2)n1. The molecule has 1 aromatic carbocycles. The molecule has 1 fully saturated rings. The topological polar surface area (TPSA) is 126 Å². The summed E-state index contributed by atoms with van der Waals surface area (Å²) in [6, 6.07) is 9.57. The number of H-pyrrole nitrogens is 1. The van der Waals surface area contributed by atoms with Gasteiger partial charge < -0.3 is 14.9 Å². The Morgan fingerprint density at radius 1 is 1.18 bits per heavy atom. The molecule has 3 aromatic heterocycles. The highest BCUT2D eigenvalue weighted by Crippen LogP contribution is 2.36. The van der Waals surface area contributed by atoms with Crippen LogP contribution in [0.3, 0.4) is 0 Å². The van der Waals surface area contributed by atoms with Crippen LogP contribution in [-0.2, 0) is 0 Å². The summed E-state index contributed by atoms with van der Waals surface area (Å²) < 4.78 is 5.46. The van der Waals surface area contributed by atoms with Gasteiger partial charge in [0.1, 0.15) is 18.2 Å². The number of aromatic amines is 1. The average molecular weight is 377 g/mol. The van der Waals surface area contributed by atoms with Gasteiger partial charge in [-0.1, -0.05) is 35.5 Å². The number of benzene rings is 1. The molecule has 1 unspecified atom stereocenters. The standard InChI is InChI=1S/C19H19N7O2/c27-15(11-4-2-1-3-5-11)18-24-19(28-26-18)12-6-7-13(8-12)23-16-14-9-22-25-17(14)21-10-20-16/h1-5,9-10,12-13,15,27H,6-8H2,(H2,20,21,22,23,25)/t12-,13-,15?/m0/s1. The van der Waals surface area contributed by atoms with E-state index in [1.54, 1.807) is 6.20 Å². The van der Waals surface area contributed by atoms with Gasteiger partial charge in [-0.05, 0) is 24.8 Å². The molecule has 1 aliphatic rings. The van der Waals surface area contributed by atoms with Crippen LogP contribution in [0.1, 0.15) is 48.6 Å². The second-order valence-corrected chi connectivity index (χ2v) is 7.01. The summed E-state index contributed by atoms with van der Waals surface area (Å²) in [5.41, 5.74) is 1.46. The lowest BCUT2D eigenvalue weighted by atomic mass is 10.1. The van der Waals surface area contributed by atoms with Gasteiger partial charge in [-0.25, -0.2) is 9.97 Å². The number of hydrogen-bond acceptors (Lipinski definition) is 8. The van der Waals surface area contributed by atoms with Gasteiger partial charge >= 0.3 is 0 Å². The van der Waals surface area contributed by atoms with E-state index < -0.39 is 6.10 Å². The molecule has 0 spiro atoms. The number of aliphatic hydroxyl groups is 1. The molecule has 3 atom stereocenters. The lowest BCUT2D eigenvalue weighted by Crippen LogP contribution is -2.16. The number of nitrogens with one attached hydrogen (secondary N) is 2. The first-order chi connectivity index (χ1) is 13.8. The second-order valence-electron chi connectivity index (χ2n) is 7.01. The molecule has 1 aliphatic carbocycles. The van der Waals surface area contributed by atoms with E-state index in [0.717, 1.165) is 36.0 Å². The summed E-state index contributed by atoms with van der Waals surface area (Å²) in [4.78, 5) is 12.9. The van der Waals surface area contributed by atoms with Crippen LogP contribution in [0.4, 0.5) is 5.82 Å². The molecule has 9 heteroatoms. The van der Waals surface area contributed by atoms with Crippen molar-refractivity contribution in [2.45, 2.75) is 37.3 Å². The predicted molar refractivity (Wildman–Crippen MR) is 100 cm³/mol. The zero-order valence-corrected chi connectivity index (χ0v) is 15.0. The molecule has 1 saturated carbocycles. The Kier molecular flexibility index (Phi) is 4.21. The first-order valence-electron chi connectivity index (χ1n) is 9.25. The third-order valence-corrected chi connectivity index (χ3v) is 5.19. The summed E-state index contributed by atoms with van der Waals surface area (Å²) >= 11 is 0. The molecule has 3 N–H and O–H groups in total. The van der Waals surface area contributed by atoms with Gasteiger partial charge in [0, 0.05) is 12.0 Å². The number of nitrogens with zero attached hydrogens (tertiary/aromatic N) is 5. The Hall–Kier alpha value is -3.33. The zero-order valence-electron chi connectivity index (χ0n) is 15.0. The van der Waals surface area contributed by atoms with Crippen molar-refractivity contribution >= 4 is 16.9 Å². The lowest BCUT2D eigenvalue weighted by Gasteiger charge is -2.13. The zero-order chi connectivity index (χ0) is 18.9. The highest BCUT2D eigenvalue weighted by Gasteiger charge is 2.31. The molecule has 0 saturated heterocycles. The molecule has 9 nitrogen and oxygen atoms in total. The van der Waals surface area contributed by atoms with Crippen molar-refractivity contribution in [1.29, 1.82) is 0 Å². The third-order valence-electron chi connectivity index (χ3n) is 5.19. The Morgan fingerprint density at radius 2 is 2.07 bits per heavy atom. The van der Waals surface area contributed by atoms with Gasteiger partial charge in [-0.15, -0.1) is 0 Å². The minimum absolute atomic E-state index is 0.156. The Morgan fingerprint density at radius 3 is 2.96 bits per heavy atom. The monoisotopic (exact) mass is 377 g/mol. The molecule has 0 amide bonds. The number of rotatable bonds is 5. The molecule has 28 heavy (non-hydrogen) atoms. The average Bonchev–Trinajstić information content (AvgIpc) is 3.48. The first kappa shape index (κ1) is 16.8. The van der Waals surface area contributed by atoms with Crippen LogP contribution in [0.2, 0.25) is 0 Å². The summed E-state index contributed by atoms with van der Waals surface area (Å²) in [7, 11) is 0. The molecular weight excluding hydrogens is 358 g/mol. The van der Waals surface area contributed by atoms with Crippen molar-refractivity contribution in [2.75, 3.05) is 5.32 Å². The van der Waals surface area contributed by atoms with E-state index in [1.807, 2.05) is 30.3 Å². The summed E-state index contributed by atoms with van der Waals surface area (Å²) in [6.45, 7) is 0. The highest BCUT2D eigenvalue weighted by molar-refractivity contribution is 5.85. The minimum atomic E-state index is -0.885. The maximum Gasteiger partial charge on any atom is 0.229 e. The van der Waals surface area contributed by atoms with E-state index in [4.69, 9.17) is 4.52 Å². The Bertz CT molecular complexity index is 1080. The quantitative estimate of drug-likeness (QED) is 0.484. The number of fused-ring (bicyclic) bond motifs is 1. The molecule has 0 aliphatic heterocycles. The van der Waals surface area contributed by atoms with Gasteiger partial charge in [0.25, 0.3) is 0 Å². The Balaban J connectivity index is 1.28. The summed E-state index contributed by atoms with van der Waals surface area (Å²) in [5.74, 6) is 1.80. The minimum Gasteiger partial charge on any atom is -0.380 e. The van der Waals surface area contributed by atoms with Gasteiger partial charge in [-0.2, -0.15) is 10.1 Å². The first-order valence-corrected chi connectivity index (χ1v) is 9.25. The van der Waals surface area contributed by atoms with E-state index in [9.17, 15) is 5.11 Å². The van der Waals surface area contributed by atoms with Crippen LogP contribution < -0.4 is 5.32 Å². The van der Waals surface area contributed by atoms with Crippen LogP contribution in [0.5, 0.6) is 0 Å². The maximum atomic E-state index is 10.5. The third kappa shape index (κ3) is 3.09. The van der Waals surface area contributed by atoms with Gasteiger partial charge in [-0.3, -0.25) is 5.10 Å². The molecule has 142 valence electrons. The predicted octanol–water partition coefficient (Wildman–Crippen LogP) is 2.57. The summed E-state index contributed by atoms with van der Waals surface area (Å²) in [6.07, 6.45) is 5.10. The van der Waals surface area contributed by atoms with Crippen LogP contribution in [0, 0.1) is 0 Å². The van der Waals surface area contributed by atoms with Crippen LogP contribution in [0.15, 0.2) is 47.4 Å². The largest absolute Gasteiger partial charge is 0.380 e. The van der Waals surface area contributed by atoms with Crippen molar-refractivity contribution in [1.82, 2.24) is 30.3 Å². The number of anilines is 1. The van der Waals surface area contributed by atoms with E-state index in [1.165, 1.54) is 6.33 Å². The van der Waals surface area contributed by atoms with Crippen LogP contribution in [0.25, 0.3) is 11.0 Å². The maximum absolute atomic E-state index is 10.5. The van der Waals surface area contributed by atoms with Crippen molar-refractivity contribution in [3.8, 4) is 0 Å². The molecule has 5 rings (SSSR count). The number of aliphatic hydroxyl groups excluding tert-OH is 1. The molecule has 4 aromatic rings. The van der Waals surface area contributed by atoms with Crippen molar-refractivity contribution in [3.05, 3.63) is 60.1 Å². The molecule has 3 heterocycles. The Labute approximate surface area is 160 Å². The van der Waals surface area contributed by atoms with Gasteiger partial charge in [0.15, 0.2) is 5.65 Å². The van der Waals surface area contributed by atoms with Crippen molar-refractivity contribution in [3.63, 3.8) is 0 Å². The smallest absolute Gasteiger partial charge is 0.229 e. The van der Waals surface area contributed by atoms with Crippen molar-refractivity contribution in [2.24, 2.45) is 0 Å². The molecular formula is C19H19N7O2. The number of hydrogen-bond donors (Lipinski definition) is 3. The van der Waals surface area contributed by atoms with Crippen LogP contribution in [-0.4, -0.2) is 41.5 Å². The fraction of sp³-hybridized carbons (Fsp3) is 0.316. The van der Waals surface area contributed by atoms with E-state index in [2.05, 4.69) is 35.6 Å². The van der Waals surface area contributed by atoms with Gasteiger partial charge in [0.05, 0.1) is 11.6 Å². The number of aromatic nitrogens is 6. The van der Waals surface area contributed by atoms with E-state index in [-0.39, 0.29) is 12.0 Å². The van der Waals surface area contributed by atoms with Gasteiger partial charge in [0.2, 0.25) is 11.7 Å². The summed E-state index contributed by atoms with van der Waals surface area (Å²) in [5, 5.41) is 25.7. The van der Waals surface area contributed by atoms with E-state index in [0.29, 0.717) is 17.4 Å². The van der Waals surface area contributed by atoms with Crippen LogP contribution >= 0.6 is 0 Å². The van der Waals surface area contributed by atoms with E-state index >= 15 is 0 Å². The fourth-order valence-corrected chi connectivity index (χ4v) is 3.72. The highest BCUT2D eigenvalue weighted by atomic mass is 16.5. The lowest BCUT2D eigenvalue weighted by molar-refractivity contribution is 0.204. The fourth-order valence-electron chi connectivity index (χ4n) is 3.72. The second kappa shape index (κ2) is 7.01. The normalized spacial score (nSPS) is 20.5. The molecule has 0 radical (unpaired) electrons. The molecule has 0 bridgehead atoms.